The maximum absolute atomic E-state index is 10.1. The van der Waals surface area contributed by atoms with Crippen molar-refractivity contribution in [2.75, 3.05) is 0 Å². The Morgan fingerprint density at radius 3 is 2.42 bits per heavy atom. The Balaban J connectivity index is 2.71. The Morgan fingerprint density at radius 2 is 1.95 bits per heavy atom. The third kappa shape index (κ3) is 5.15. The van der Waals surface area contributed by atoms with Gasteiger partial charge in [0, 0.05) is 0 Å². The van der Waals surface area contributed by atoms with E-state index in [4.69, 9.17) is 5.73 Å². The minimum atomic E-state index is -0.799. The number of hydrogen-bond acceptors (Lipinski definition) is 4. The summed E-state index contributed by atoms with van der Waals surface area (Å²) in [6.45, 7) is 6.39. The molecule has 1 aromatic rings. The van der Waals surface area contributed by atoms with Gasteiger partial charge in [-0.1, -0.05) is 50.5 Å². The Bertz CT molecular complexity index is 500. The van der Waals surface area contributed by atoms with Crippen LogP contribution >= 0.6 is 0 Å². The Kier molecular flexibility index (Phi) is 4.57. The van der Waals surface area contributed by atoms with E-state index < -0.39 is 5.03 Å². The lowest BCUT2D eigenvalue weighted by Gasteiger charge is -2.18. The SMILES string of the molecule is CC(C)(C)c1ccc(/C=N\N=C(N)N[N+](=O)[O-])cc1. The van der Waals surface area contributed by atoms with E-state index in [9.17, 15) is 10.1 Å². The molecule has 0 atom stereocenters. The number of rotatable bonds is 3. The van der Waals surface area contributed by atoms with Gasteiger partial charge in [-0.2, -0.15) is 5.10 Å². The molecular formula is C12H17N5O2. The third-order valence-corrected chi connectivity index (χ3v) is 2.35. The molecule has 0 aromatic heterocycles. The van der Waals surface area contributed by atoms with Gasteiger partial charge in [-0.05, 0) is 16.5 Å². The molecule has 0 fully saturated rings. The van der Waals surface area contributed by atoms with Crippen molar-refractivity contribution in [1.29, 1.82) is 0 Å². The van der Waals surface area contributed by atoms with Gasteiger partial charge in [0.25, 0.3) is 5.96 Å². The van der Waals surface area contributed by atoms with Crippen LogP contribution in [0.5, 0.6) is 0 Å². The number of benzene rings is 1. The van der Waals surface area contributed by atoms with Crippen LogP contribution in [0.3, 0.4) is 0 Å². The molecule has 0 aliphatic heterocycles. The monoisotopic (exact) mass is 263 g/mol. The highest BCUT2D eigenvalue weighted by atomic mass is 16.7. The molecule has 0 bridgehead atoms. The summed E-state index contributed by atoms with van der Waals surface area (Å²) in [6.07, 6.45) is 1.47. The normalized spacial score (nSPS) is 12.7. The van der Waals surface area contributed by atoms with Crippen LogP contribution in [0, 0.1) is 10.1 Å². The topological polar surface area (TPSA) is 106 Å². The smallest absolute Gasteiger partial charge is 0.275 e. The summed E-state index contributed by atoms with van der Waals surface area (Å²) in [4.78, 5) is 10.1. The summed E-state index contributed by atoms with van der Waals surface area (Å²) in [5, 5.41) is 16.4. The van der Waals surface area contributed by atoms with E-state index >= 15 is 0 Å². The van der Waals surface area contributed by atoms with E-state index in [1.165, 1.54) is 11.8 Å². The van der Waals surface area contributed by atoms with Gasteiger partial charge in [-0.25, -0.2) is 10.1 Å². The maximum atomic E-state index is 10.1. The molecule has 0 radical (unpaired) electrons. The van der Waals surface area contributed by atoms with Crippen LogP contribution in [0.2, 0.25) is 0 Å². The fraction of sp³-hybridized carbons (Fsp3) is 0.333. The summed E-state index contributed by atoms with van der Waals surface area (Å²) >= 11 is 0. The Labute approximate surface area is 111 Å². The van der Waals surface area contributed by atoms with Crippen LogP contribution in [0.4, 0.5) is 0 Å². The molecule has 102 valence electrons. The van der Waals surface area contributed by atoms with Crippen LogP contribution in [-0.4, -0.2) is 17.2 Å². The molecule has 1 rings (SSSR count). The van der Waals surface area contributed by atoms with Crippen LogP contribution in [0.25, 0.3) is 0 Å². The number of hydrazine groups is 1. The fourth-order valence-electron chi connectivity index (χ4n) is 1.34. The molecule has 0 saturated carbocycles. The molecule has 1 aromatic carbocycles. The number of hydrogen-bond donors (Lipinski definition) is 2. The quantitative estimate of drug-likeness (QED) is 0.372. The lowest BCUT2D eigenvalue weighted by atomic mass is 9.87. The second kappa shape index (κ2) is 5.94. The average Bonchev–Trinajstić information content (AvgIpc) is 2.27. The highest BCUT2D eigenvalue weighted by Gasteiger charge is 2.12. The van der Waals surface area contributed by atoms with E-state index in [1.807, 2.05) is 24.3 Å². The molecule has 0 saturated heterocycles. The van der Waals surface area contributed by atoms with Crippen molar-refractivity contribution in [3.63, 3.8) is 0 Å². The lowest BCUT2D eigenvalue weighted by molar-refractivity contribution is -0.525. The minimum absolute atomic E-state index is 0.0912. The van der Waals surface area contributed by atoms with Crippen LogP contribution in [0.1, 0.15) is 31.9 Å². The highest BCUT2D eigenvalue weighted by Crippen LogP contribution is 2.21. The molecule has 0 amide bonds. The van der Waals surface area contributed by atoms with E-state index in [-0.39, 0.29) is 11.4 Å². The van der Waals surface area contributed by atoms with Gasteiger partial charge >= 0.3 is 0 Å². The first kappa shape index (κ1) is 14.6. The molecule has 0 aliphatic rings. The van der Waals surface area contributed by atoms with Gasteiger partial charge in [0.2, 0.25) is 0 Å². The first-order valence-electron chi connectivity index (χ1n) is 5.67. The van der Waals surface area contributed by atoms with E-state index in [2.05, 4.69) is 31.0 Å². The zero-order valence-corrected chi connectivity index (χ0v) is 11.1. The molecule has 7 nitrogen and oxygen atoms in total. The largest absolute Gasteiger partial charge is 0.364 e. The summed E-state index contributed by atoms with van der Waals surface area (Å²) in [7, 11) is 0. The average molecular weight is 263 g/mol. The van der Waals surface area contributed by atoms with E-state index in [1.54, 1.807) is 5.43 Å². The first-order valence-corrected chi connectivity index (χ1v) is 5.67. The third-order valence-electron chi connectivity index (χ3n) is 2.35. The zero-order valence-electron chi connectivity index (χ0n) is 11.1. The number of guanidine groups is 1. The number of nitrogens with two attached hydrogens (primary N) is 1. The second-order valence-corrected chi connectivity index (χ2v) is 4.97. The Morgan fingerprint density at radius 1 is 1.37 bits per heavy atom. The molecule has 0 spiro atoms. The summed E-state index contributed by atoms with van der Waals surface area (Å²) in [5.41, 5.74) is 9.04. The predicted octanol–water partition coefficient (Wildman–Crippen LogP) is 1.41. The van der Waals surface area contributed by atoms with Crippen molar-refractivity contribution < 1.29 is 5.03 Å². The number of nitrogens with one attached hydrogen (secondary N) is 1. The fourth-order valence-corrected chi connectivity index (χ4v) is 1.34. The highest BCUT2D eigenvalue weighted by molar-refractivity contribution is 5.81. The molecule has 3 N–H and O–H groups in total. The van der Waals surface area contributed by atoms with Crippen molar-refractivity contribution in [3.05, 3.63) is 45.5 Å². The van der Waals surface area contributed by atoms with Gasteiger partial charge in [0.15, 0.2) is 5.03 Å². The number of nitrogens with zero attached hydrogens (tertiary/aromatic N) is 3. The van der Waals surface area contributed by atoms with Crippen LogP contribution in [-0.2, 0) is 5.41 Å². The van der Waals surface area contributed by atoms with Gasteiger partial charge in [-0.3, -0.25) is 0 Å². The van der Waals surface area contributed by atoms with Gasteiger partial charge in [0.05, 0.1) is 6.21 Å². The van der Waals surface area contributed by atoms with E-state index in [0.717, 1.165) is 5.56 Å². The number of nitro groups is 1. The van der Waals surface area contributed by atoms with Crippen LogP contribution in [0.15, 0.2) is 34.5 Å². The molecule has 7 heteroatoms. The maximum Gasteiger partial charge on any atom is 0.275 e. The van der Waals surface area contributed by atoms with Crippen molar-refractivity contribution in [2.24, 2.45) is 15.9 Å². The van der Waals surface area contributed by atoms with Crippen molar-refractivity contribution in [2.45, 2.75) is 26.2 Å². The van der Waals surface area contributed by atoms with Gasteiger partial charge in [-0.15, -0.1) is 5.10 Å². The summed E-state index contributed by atoms with van der Waals surface area (Å²) in [5.74, 6) is -0.368. The second-order valence-electron chi connectivity index (χ2n) is 4.97. The lowest BCUT2D eigenvalue weighted by Crippen LogP contribution is -2.35. The van der Waals surface area contributed by atoms with Crippen molar-refractivity contribution in [3.8, 4) is 0 Å². The molecule has 0 aliphatic carbocycles. The van der Waals surface area contributed by atoms with E-state index in [0.29, 0.717) is 0 Å². The Hall–Kier alpha value is -2.44. The summed E-state index contributed by atoms with van der Waals surface area (Å²) < 4.78 is 0. The van der Waals surface area contributed by atoms with Crippen molar-refractivity contribution in [1.82, 2.24) is 5.43 Å². The summed E-state index contributed by atoms with van der Waals surface area (Å²) in [6, 6.07) is 7.81. The molecule has 0 heterocycles. The van der Waals surface area contributed by atoms with Gasteiger partial charge < -0.3 is 5.73 Å². The zero-order chi connectivity index (χ0) is 14.5. The minimum Gasteiger partial charge on any atom is -0.364 e. The molecular weight excluding hydrogens is 246 g/mol. The standard InChI is InChI=1S/C12H17N5O2/c1-12(2,3)10-6-4-9(5-7-10)8-14-15-11(13)16-17(18)19/h4-8H,1-3H3,(H3,13,15,16)/b14-8-. The molecule has 0 unspecified atom stereocenters. The molecule has 19 heavy (non-hydrogen) atoms. The van der Waals surface area contributed by atoms with Crippen LogP contribution < -0.4 is 11.2 Å². The first-order chi connectivity index (χ1) is 8.79. The van der Waals surface area contributed by atoms with Gasteiger partial charge in [0.1, 0.15) is 0 Å². The van der Waals surface area contributed by atoms with Crippen molar-refractivity contribution >= 4 is 12.2 Å². The predicted molar refractivity (Wildman–Crippen MR) is 74.5 cm³/mol.